The summed E-state index contributed by atoms with van der Waals surface area (Å²) in [5.74, 6) is -3.67. The highest BCUT2D eigenvalue weighted by atomic mass is 19.4. The van der Waals surface area contributed by atoms with E-state index >= 15 is 0 Å². The second-order valence-corrected chi connectivity index (χ2v) is 4.37. The highest BCUT2D eigenvalue weighted by Crippen LogP contribution is 2.26. The van der Waals surface area contributed by atoms with Crippen LogP contribution in [0.25, 0.3) is 0 Å². The monoisotopic (exact) mass is 305 g/mol. The maximum atomic E-state index is 12.6. The van der Waals surface area contributed by atoms with Crippen LogP contribution in [0.15, 0.2) is 6.07 Å². The lowest BCUT2D eigenvalue weighted by atomic mass is 10.1. The Hall–Kier alpha value is -2.19. The fourth-order valence-electron chi connectivity index (χ4n) is 1.59. The van der Waals surface area contributed by atoms with Crippen molar-refractivity contribution < 1.29 is 27.9 Å². The summed E-state index contributed by atoms with van der Waals surface area (Å²) in [5.41, 5.74) is -0.554. The van der Waals surface area contributed by atoms with Crippen LogP contribution in [0.2, 0.25) is 0 Å². The molecule has 21 heavy (non-hydrogen) atoms. The van der Waals surface area contributed by atoms with E-state index < -0.39 is 35.6 Å². The topological polar surface area (TPSA) is 92.2 Å². The van der Waals surface area contributed by atoms with Crippen molar-refractivity contribution in [1.29, 1.82) is 0 Å². The van der Waals surface area contributed by atoms with E-state index in [1.165, 1.54) is 6.92 Å². The Balaban J connectivity index is 3.02. The molecule has 0 aromatic carbocycles. The number of amides is 1. The number of aromatic nitrogens is 2. The van der Waals surface area contributed by atoms with Gasteiger partial charge >= 0.3 is 12.1 Å². The van der Waals surface area contributed by atoms with Crippen molar-refractivity contribution in [3.63, 3.8) is 0 Å². The van der Waals surface area contributed by atoms with E-state index in [1.807, 2.05) is 0 Å². The molecule has 0 aliphatic heterocycles. The molecule has 0 saturated heterocycles. The van der Waals surface area contributed by atoms with Crippen molar-refractivity contribution >= 4 is 11.9 Å². The van der Waals surface area contributed by atoms with Gasteiger partial charge in [0.2, 0.25) is 5.82 Å². The van der Waals surface area contributed by atoms with E-state index in [-0.39, 0.29) is 12.1 Å². The van der Waals surface area contributed by atoms with Gasteiger partial charge in [0, 0.05) is 5.69 Å². The van der Waals surface area contributed by atoms with E-state index in [4.69, 9.17) is 5.11 Å². The third-order valence-corrected chi connectivity index (χ3v) is 2.52. The second-order valence-electron chi connectivity index (χ2n) is 4.37. The van der Waals surface area contributed by atoms with Gasteiger partial charge in [-0.3, -0.25) is 4.79 Å². The molecule has 0 saturated carbocycles. The summed E-state index contributed by atoms with van der Waals surface area (Å²) < 4.78 is 37.7. The number of carbonyl (C=O) groups excluding carboxylic acids is 1. The highest BCUT2D eigenvalue weighted by Gasteiger charge is 2.35. The Labute approximate surface area is 118 Å². The molecule has 0 aliphatic carbocycles. The van der Waals surface area contributed by atoms with Gasteiger partial charge in [-0.15, -0.1) is 0 Å². The molecule has 1 unspecified atom stereocenters. The number of hydrogen-bond donors (Lipinski definition) is 2. The molecule has 1 aromatic rings. The number of carboxylic acid groups (broad SMARTS) is 1. The van der Waals surface area contributed by atoms with Crippen LogP contribution in [0, 0.1) is 6.92 Å². The van der Waals surface area contributed by atoms with E-state index in [9.17, 15) is 22.8 Å². The van der Waals surface area contributed by atoms with Crippen molar-refractivity contribution in [2.24, 2.45) is 0 Å². The molecule has 116 valence electrons. The Morgan fingerprint density at radius 2 is 2.00 bits per heavy atom. The first-order chi connectivity index (χ1) is 9.65. The average Bonchev–Trinajstić information content (AvgIpc) is 2.36. The van der Waals surface area contributed by atoms with Crippen LogP contribution in [-0.4, -0.2) is 33.0 Å². The van der Waals surface area contributed by atoms with Crippen LogP contribution in [0.3, 0.4) is 0 Å². The van der Waals surface area contributed by atoms with Gasteiger partial charge in [0.15, 0.2) is 0 Å². The van der Waals surface area contributed by atoms with Gasteiger partial charge in [0.25, 0.3) is 5.91 Å². The molecule has 9 heteroatoms. The molecule has 0 bridgehead atoms. The molecular formula is C12H14F3N3O3. The van der Waals surface area contributed by atoms with Crippen molar-refractivity contribution in [3.8, 4) is 0 Å². The molecule has 1 amide bonds. The first-order valence-electron chi connectivity index (χ1n) is 6.11. The van der Waals surface area contributed by atoms with E-state index in [0.29, 0.717) is 6.42 Å². The number of carbonyl (C=O) groups is 2. The molecule has 1 atom stereocenters. The van der Waals surface area contributed by atoms with Gasteiger partial charge in [-0.25, -0.2) is 14.8 Å². The van der Waals surface area contributed by atoms with Crippen molar-refractivity contribution in [3.05, 3.63) is 23.3 Å². The summed E-state index contributed by atoms with van der Waals surface area (Å²) >= 11 is 0. The van der Waals surface area contributed by atoms with Crippen LogP contribution in [0.4, 0.5) is 13.2 Å². The van der Waals surface area contributed by atoms with E-state index in [1.54, 1.807) is 6.92 Å². The average molecular weight is 305 g/mol. The standard InChI is InChI=1S/C12H14F3N3O3/c1-3-4-7(10(20)21)17-9(19)8-5-6(2)16-11(18-8)12(13,14)15/h5,7H,3-4H2,1-2H3,(H,17,19)(H,20,21). The van der Waals surface area contributed by atoms with Crippen LogP contribution in [0.5, 0.6) is 0 Å². The number of alkyl halides is 3. The zero-order valence-electron chi connectivity index (χ0n) is 11.4. The molecule has 6 nitrogen and oxygen atoms in total. The molecule has 2 N–H and O–H groups in total. The van der Waals surface area contributed by atoms with E-state index in [0.717, 1.165) is 6.07 Å². The molecule has 1 aromatic heterocycles. The van der Waals surface area contributed by atoms with Crippen molar-refractivity contribution in [1.82, 2.24) is 15.3 Å². The van der Waals surface area contributed by atoms with Crippen molar-refractivity contribution in [2.45, 2.75) is 38.9 Å². The Morgan fingerprint density at radius 3 is 2.48 bits per heavy atom. The lowest BCUT2D eigenvalue weighted by Crippen LogP contribution is -2.41. The predicted octanol–water partition coefficient (Wildman–Crippen LogP) is 1.79. The number of aliphatic carboxylic acids is 1. The third-order valence-electron chi connectivity index (χ3n) is 2.52. The Kier molecular flexibility index (Phi) is 5.23. The number of nitrogens with zero attached hydrogens (tertiary/aromatic N) is 2. The fraction of sp³-hybridized carbons (Fsp3) is 0.500. The maximum Gasteiger partial charge on any atom is 0.451 e. The number of rotatable bonds is 5. The van der Waals surface area contributed by atoms with Crippen LogP contribution in [-0.2, 0) is 11.0 Å². The fourth-order valence-corrected chi connectivity index (χ4v) is 1.59. The quantitative estimate of drug-likeness (QED) is 0.865. The highest BCUT2D eigenvalue weighted by molar-refractivity contribution is 5.95. The van der Waals surface area contributed by atoms with Crippen LogP contribution in [0.1, 0.15) is 41.8 Å². The smallest absolute Gasteiger partial charge is 0.451 e. The molecule has 0 spiro atoms. The van der Waals surface area contributed by atoms with Gasteiger partial charge in [0.1, 0.15) is 11.7 Å². The molecule has 0 fully saturated rings. The minimum atomic E-state index is -4.78. The number of nitrogens with one attached hydrogen (secondary N) is 1. The predicted molar refractivity (Wildman–Crippen MR) is 65.6 cm³/mol. The minimum absolute atomic E-state index is 0.0372. The summed E-state index contributed by atoms with van der Waals surface area (Å²) in [6, 6.07) is -0.109. The molecule has 0 aliphatic rings. The minimum Gasteiger partial charge on any atom is -0.480 e. The number of carboxylic acids is 1. The summed E-state index contributed by atoms with van der Waals surface area (Å²) in [4.78, 5) is 29.1. The third kappa shape index (κ3) is 4.69. The first kappa shape index (κ1) is 16.9. The van der Waals surface area contributed by atoms with Crippen LogP contribution < -0.4 is 5.32 Å². The Bertz CT molecular complexity index is 546. The summed E-state index contributed by atoms with van der Waals surface area (Å²) in [7, 11) is 0. The van der Waals surface area contributed by atoms with E-state index in [2.05, 4.69) is 15.3 Å². The molecular weight excluding hydrogens is 291 g/mol. The lowest BCUT2D eigenvalue weighted by molar-refractivity contribution is -0.145. The van der Waals surface area contributed by atoms with Gasteiger partial charge < -0.3 is 10.4 Å². The van der Waals surface area contributed by atoms with Crippen LogP contribution >= 0.6 is 0 Å². The first-order valence-corrected chi connectivity index (χ1v) is 6.11. The number of aryl methyl sites for hydroxylation is 1. The SMILES string of the molecule is CCCC(NC(=O)c1cc(C)nc(C(F)(F)F)n1)C(=O)O. The lowest BCUT2D eigenvalue weighted by Gasteiger charge is -2.14. The number of hydrogen-bond acceptors (Lipinski definition) is 4. The second kappa shape index (κ2) is 6.51. The normalized spacial score (nSPS) is 12.8. The Morgan fingerprint density at radius 1 is 1.38 bits per heavy atom. The number of halogens is 3. The molecule has 1 heterocycles. The van der Waals surface area contributed by atoms with Crippen molar-refractivity contribution in [2.75, 3.05) is 0 Å². The zero-order chi connectivity index (χ0) is 16.2. The van der Waals surface area contributed by atoms with Gasteiger partial charge in [-0.05, 0) is 19.4 Å². The molecule has 1 rings (SSSR count). The summed E-state index contributed by atoms with van der Waals surface area (Å²) in [5, 5.41) is 11.1. The largest absolute Gasteiger partial charge is 0.480 e. The zero-order valence-corrected chi connectivity index (χ0v) is 11.4. The van der Waals surface area contributed by atoms with Gasteiger partial charge in [0.05, 0.1) is 0 Å². The van der Waals surface area contributed by atoms with Gasteiger partial charge in [-0.2, -0.15) is 13.2 Å². The summed E-state index contributed by atoms with van der Waals surface area (Å²) in [6.45, 7) is 3.01. The maximum absolute atomic E-state index is 12.6. The summed E-state index contributed by atoms with van der Waals surface area (Å²) in [6.07, 6.45) is -4.12. The van der Waals surface area contributed by atoms with Gasteiger partial charge in [-0.1, -0.05) is 13.3 Å². The molecule has 0 radical (unpaired) electrons.